The first-order valence-electron chi connectivity index (χ1n) is 6.82. The molecule has 0 saturated carbocycles. The van der Waals surface area contributed by atoms with Crippen molar-refractivity contribution in [1.29, 1.82) is 0 Å². The van der Waals surface area contributed by atoms with E-state index in [0.717, 1.165) is 12.6 Å². The molecule has 8 heteroatoms. The first kappa shape index (κ1) is 15.8. The Bertz CT molecular complexity index is 578. The van der Waals surface area contributed by atoms with Gasteiger partial charge in [0.1, 0.15) is 6.61 Å². The van der Waals surface area contributed by atoms with Gasteiger partial charge < -0.3 is 10.5 Å². The van der Waals surface area contributed by atoms with E-state index in [0.29, 0.717) is 25.2 Å². The van der Waals surface area contributed by atoms with Gasteiger partial charge in [0.25, 0.3) is 0 Å². The number of thioether (sulfide) groups is 1. The van der Waals surface area contributed by atoms with Crippen LogP contribution in [0.1, 0.15) is 32.2 Å². The predicted octanol–water partition coefficient (Wildman–Crippen LogP) is 1.35. The molecule has 0 amide bonds. The van der Waals surface area contributed by atoms with Crippen molar-refractivity contribution < 1.29 is 13.9 Å². The molecule has 2 atom stereocenters. The lowest BCUT2D eigenvalue weighted by atomic mass is 10.2. The third kappa shape index (κ3) is 3.96. The first-order valence-corrected chi connectivity index (χ1v) is 7.87. The fourth-order valence-corrected chi connectivity index (χ4v) is 3.49. The molecule has 0 aliphatic carbocycles. The van der Waals surface area contributed by atoms with Crippen molar-refractivity contribution in [1.82, 2.24) is 9.55 Å². The van der Waals surface area contributed by atoms with E-state index in [1.54, 1.807) is 11.8 Å². The summed E-state index contributed by atoms with van der Waals surface area (Å²) in [5.74, 6) is -0.635. The van der Waals surface area contributed by atoms with Crippen LogP contribution in [0, 0.1) is 5.82 Å². The molecule has 2 heterocycles. The molecule has 116 valence electrons. The van der Waals surface area contributed by atoms with Crippen LogP contribution in [0.25, 0.3) is 0 Å². The number of hydrogen-bond acceptors (Lipinski definition) is 6. The Morgan fingerprint density at radius 3 is 3.14 bits per heavy atom. The second kappa shape index (κ2) is 6.93. The van der Waals surface area contributed by atoms with Crippen molar-refractivity contribution in [3.8, 4) is 0 Å². The molecule has 6 nitrogen and oxygen atoms in total. The van der Waals surface area contributed by atoms with Crippen molar-refractivity contribution in [2.45, 2.75) is 37.5 Å². The number of nitrogens with zero attached hydrogens (tertiary/aromatic N) is 2. The number of nitrogens with two attached hydrogens (primary N) is 1. The SMILES string of the molecule is CCCC(=O)OC[C@@H]1C[C@H](n2cc(F)c(N)nc2=O)CS1. The van der Waals surface area contributed by atoms with Gasteiger partial charge in [-0.25, -0.2) is 9.18 Å². The molecule has 1 saturated heterocycles. The van der Waals surface area contributed by atoms with Gasteiger partial charge >= 0.3 is 11.7 Å². The molecule has 0 unspecified atom stereocenters. The maximum Gasteiger partial charge on any atom is 0.349 e. The van der Waals surface area contributed by atoms with Crippen molar-refractivity contribution in [2.75, 3.05) is 18.1 Å². The highest BCUT2D eigenvalue weighted by Gasteiger charge is 2.28. The van der Waals surface area contributed by atoms with E-state index >= 15 is 0 Å². The summed E-state index contributed by atoms with van der Waals surface area (Å²) >= 11 is 1.61. The third-order valence-corrected chi connectivity index (χ3v) is 4.65. The maximum atomic E-state index is 13.4. The number of carbonyl (C=O) groups is 1. The van der Waals surface area contributed by atoms with Crippen LogP contribution >= 0.6 is 11.8 Å². The number of aromatic nitrogens is 2. The minimum atomic E-state index is -0.697. The lowest BCUT2D eigenvalue weighted by molar-refractivity contribution is -0.143. The number of ether oxygens (including phenoxy) is 1. The van der Waals surface area contributed by atoms with E-state index in [1.807, 2.05) is 6.92 Å². The van der Waals surface area contributed by atoms with E-state index in [2.05, 4.69) is 4.98 Å². The third-order valence-electron chi connectivity index (χ3n) is 3.27. The van der Waals surface area contributed by atoms with Crippen LogP contribution < -0.4 is 11.4 Å². The molecule has 1 fully saturated rings. The van der Waals surface area contributed by atoms with Gasteiger partial charge in [-0.15, -0.1) is 0 Å². The molecule has 0 radical (unpaired) electrons. The molecule has 1 aromatic rings. The molecule has 0 aromatic carbocycles. The molecule has 1 aliphatic heterocycles. The van der Waals surface area contributed by atoms with E-state index < -0.39 is 11.5 Å². The lowest BCUT2D eigenvalue weighted by Gasteiger charge is -2.13. The van der Waals surface area contributed by atoms with Crippen LogP contribution in [-0.2, 0) is 9.53 Å². The summed E-state index contributed by atoms with van der Waals surface area (Å²) < 4.78 is 19.9. The molecule has 0 spiro atoms. The summed E-state index contributed by atoms with van der Waals surface area (Å²) in [6.07, 6.45) is 2.90. The zero-order valence-electron chi connectivity index (χ0n) is 11.8. The van der Waals surface area contributed by atoms with Gasteiger partial charge in [-0.1, -0.05) is 6.92 Å². The number of hydrogen-bond donors (Lipinski definition) is 1. The van der Waals surface area contributed by atoms with Crippen molar-refractivity contribution in [3.63, 3.8) is 0 Å². The van der Waals surface area contributed by atoms with Gasteiger partial charge in [0, 0.05) is 29.7 Å². The Kier molecular flexibility index (Phi) is 5.22. The standard InChI is InChI=1S/C13H18FN3O3S/c1-2-3-11(18)20-6-9-4-8(7-21-9)17-5-10(14)12(15)16-13(17)19/h5,8-9H,2-4,6-7H2,1H3,(H2,15,16,19)/t8-,9-/m0/s1. The highest BCUT2D eigenvalue weighted by Crippen LogP contribution is 2.34. The zero-order valence-corrected chi connectivity index (χ0v) is 12.6. The Balaban J connectivity index is 1.95. The Morgan fingerprint density at radius 1 is 1.67 bits per heavy atom. The molecule has 1 aromatic heterocycles. The molecular formula is C13H18FN3O3S. The zero-order chi connectivity index (χ0) is 15.4. The fraction of sp³-hybridized carbons (Fsp3) is 0.615. The lowest BCUT2D eigenvalue weighted by Crippen LogP contribution is -2.29. The Hall–Kier alpha value is -1.57. The van der Waals surface area contributed by atoms with Gasteiger partial charge in [0.2, 0.25) is 0 Å². The summed E-state index contributed by atoms with van der Waals surface area (Å²) in [7, 11) is 0. The van der Waals surface area contributed by atoms with E-state index in [-0.39, 0.29) is 23.1 Å². The normalized spacial score (nSPS) is 21.4. The quantitative estimate of drug-likeness (QED) is 0.825. The monoisotopic (exact) mass is 315 g/mol. The van der Waals surface area contributed by atoms with Gasteiger partial charge in [0.05, 0.1) is 0 Å². The van der Waals surface area contributed by atoms with Crippen LogP contribution in [-0.4, -0.2) is 33.1 Å². The van der Waals surface area contributed by atoms with Crippen LogP contribution in [0.5, 0.6) is 0 Å². The number of rotatable bonds is 5. The van der Waals surface area contributed by atoms with Crippen molar-refractivity contribution in [3.05, 3.63) is 22.5 Å². The number of halogens is 1. The first-order chi connectivity index (χ1) is 10.0. The smallest absolute Gasteiger partial charge is 0.349 e. The molecule has 1 aliphatic rings. The highest BCUT2D eigenvalue weighted by atomic mass is 32.2. The second-order valence-corrected chi connectivity index (χ2v) is 6.28. The van der Waals surface area contributed by atoms with Crippen molar-refractivity contribution in [2.24, 2.45) is 0 Å². The average molecular weight is 315 g/mol. The largest absolute Gasteiger partial charge is 0.464 e. The van der Waals surface area contributed by atoms with E-state index in [1.165, 1.54) is 4.57 Å². The minimum absolute atomic E-state index is 0.114. The average Bonchev–Trinajstić information content (AvgIpc) is 2.89. The van der Waals surface area contributed by atoms with E-state index in [9.17, 15) is 14.0 Å². The van der Waals surface area contributed by atoms with E-state index in [4.69, 9.17) is 10.5 Å². The number of esters is 1. The predicted molar refractivity (Wildman–Crippen MR) is 78.6 cm³/mol. The van der Waals surface area contributed by atoms with Crippen LogP contribution in [0.2, 0.25) is 0 Å². The minimum Gasteiger partial charge on any atom is -0.464 e. The highest BCUT2D eigenvalue weighted by molar-refractivity contribution is 8.00. The maximum absolute atomic E-state index is 13.4. The summed E-state index contributed by atoms with van der Waals surface area (Å²) in [5.41, 5.74) is 4.71. The fourth-order valence-electron chi connectivity index (χ4n) is 2.18. The summed E-state index contributed by atoms with van der Waals surface area (Å²) in [4.78, 5) is 26.5. The van der Waals surface area contributed by atoms with Gasteiger partial charge in [-0.3, -0.25) is 9.36 Å². The summed E-state index contributed by atoms with van der Waals surface area (Å²) in [6.45, 7) is 2.23. The number of anilines is 1. The van der Waals surface area contributed by atoms with Gasteiger partial charge in [-0.2, -0.15) is 16.7 Å². The molecular weight excluding hydrogens is 297 g/mol. The second-order valence-electron chi connectivity index (χ2n) is 4.94. The van der Waals surface area contributed by atoms with Crippen molar-refractivity contribution >= 4 is 23.5 Å². The number of carbonyl (C=O) groups excluding carboxylic acids is 1. The van der Waals surface area contributed by atoms with Crippen LogP contribution in [0.3, 0.4) is 0 Å². The Labute approximate surface area is 125 Å². The van der Waals surface area contributed by atoms with Gasteiger partial charge in [0.15, 0.2) is 11.6 Å². The number of nitrogen functional groups attached to an aromatic ring is 1. The summed E-state index contributed by atoms with van der Waals surface area (Å²) in [5, 5.41) is 0.114. The summed E-state index contributed by atoms with van der Waals surface area (Å²) in [6, 6.07) is -0.153. The topological polar surface area (TPSA) is 87.2 Å². The molecule has 2 N–H and O–H groups in total. The molecule has 0 bridgehead atoms. The van der Waals surface area contributed by atoms with Crippen LogP contribution in [0.4, 0.5) is 10.2 Å². The Morgan fingerprint density at radius 2 is 2.43 bits per heavy atom. The van der Waals surface area contributed by atoms with Gasteiger partial charge in [-0.05, 0) is 12.8 Å². The van der Waals surface area contributed by atoms with Crippen LogP contribution in [0.15, 0.2) is 11.0 Å². The molecule has 2 rings (SSSR count). The molecule has 21 heavy (non-hydrogen) atoms.